The van der Waals surface area contributed by atoms with Crippen LogP contribution in [0.1, 0.15) is 51.5 Å². The molecule has 2 fully saturated rings. The van der Waals surface area contributed by atoms with Crippen LogP contribution in [-0.2, 0) is 4.74 Å². The second kappa shape index (κ2) is 8.65. The number of hydrogen-bond donors (Lipinski definition) is 0. The standard InChI is InChI=1S/C21H29N3O2S/c1-15-6-3-4-8-19(15)24-20(16-9-11-17(25-2)12-10-16)22-23-21(24)27-14-18-7-5-13-26-18/h9-12,15,18-19H,3-8,13-14H2,1-2H3. The Labute approximate surface area is 165 Å². The predicted octanol–water partition coefficient (Wildman–Crippen LogP) is 4.98. The van der Waals surface area contributed by atoms with Gasteiger partial charge in [-0.1, -0.05) is 31.5 Å². The van der Waals surface area contributed by atoms with Crippen molar-refractivity contribution in [3.63, 3.8) is 0 Å². The summed E-state index contributed by atoms with van der Waals surface area (Å²) in [6, 6.07) is 8.64. The fraction of sp³-hybridized carbons (Fsp3) is 0.619. The number of aromatic nitrogens is 3. The van der Waals surface area contributed by atoms with E-state index in [1.165, 1.54) is 32.1 Å². The van der Waals surface area contributed by atoms with Gasteiger partial charge in [-0.15, -0.1) is 10.2 Å². The first-order chi connectivity index (χ1) is 13.3. The van der Waals surface area contributed by atoms with Crippen LogP contribution in [0.25, 0.3) is 11.4 Å². The predicted molar refractivity (Wildman–Crippen MR) is 108 cm³/mol. The summed E-state index contributed by atoms with van der Waals surface area (Å²) >= 11 is 1.80. The van der Waals surface area contributed by atoms with Crippen molar-refractivity contribution >= 4 is 11.8 Å². The minimum atomic E-state index is 0.355. The highest BCUT2D eigenvalue weighted by Crippen LogP contribution is 2.39. The molecule has 5 nitrogen and oxygen atoms in total. The second-order valence-corrected chi connectivity index (χ2v) is 8.67. The van der Waals surface area contributed by atoms with Gasteiger partial charge in [-0.05, 0) is 55.9 Å². The Morgan fingerprint density at radius 3 is 2.63 bits per heavy atom. The van der Waals surface area contributed by atoms with Crippen LogP contribution >= 0.6 is 11.8 Å². The largest absolute Gasteiger partial charge is 0.497 e. The van der Waals surface area contributed by atoms with E-state index in [4.69, 9.17) is 9.47 Å². The fourth-order valence-electron chi connectivity index (χ4n) is 4.23. The molecule has 0 spiro atoms. The van der Waals surface area contributed by atoms with E-state index in [9.17, 15) is 0 Å². The number of rotatable bonds is 6. The van der Waals surface area contributed by atoms with Crippen molar-refractivity contribution in [2.24, 2.45) is 5.92 Å². The Balaban J connectivity index is 1.64. The van der Waals surface area contributed by atoms with Crippen LogP contribution in [0.4, 0.5) is 0 Å². The third-order valence-corrected chi connectivity index (χ3v) is 6.91. The molecule has 1 aromatic heterocycles. The average Bonchev–Trinajstić information content (AvgIpc) is 3.36. The number of hydrogen-bond acceptors (Lipinski definition) is 5. The smallest absolute Gasteiger partial charge is 0.191 e. The molecule has 1 aliphatic heterocycles. The van der Waals surface area contributed by atoms with Gasteiger partial charge in [0.1, 0.15) is 5.75 Å². The molecule has 0 bridgehead atoms. The van der Waals surface area contributed by atoms with E-state index in [1.807, 2.05) is 12.1 Å². The Kier molecular flexibility index (Phi) is 6.03. The minimum Gasteiger partial charge on any atom is -0.497 e. The molecule has 4 rings (SSSR count). The maximum atomic E-state index is 5.81. The van der Waals surface area contributed by atoms with Crippen LogP contribution in [-0.4, -0.2) is 40.3 Å². The Morgan fingerprint density at radius 2 is 1.93 bits per heavy atom. The van der Waals surface area contributed by atoms with Gasteiger partial charge in [0.2, 0.25) is 0 Å². The Hall–Kier alpha value is -1.53. The highest BCUT2D eigenvalue weighted by atomic mass is 32.2. The maximum absolute atomic E-state index is 5.81. The van der Waals surface area contributed by atoms with Crippen LogP contribution in [0.5, 0.6) is 5.75 Å². The SMILES string of the molecule is COc1ccc(-c2nnc(SCC3CCCO3)n2C2CCCCC2C)cc1. The number of nitrogens with zero attached hydrogens (tertiary/aromatic N) is 3. The molecule has 6 heteroatoms. The Morgan fingerprint density at radius 1 is 1.11 bits per heavy atom. The van der Waals surface area contributed by atoms with E-state index < -0.39 is 0 Å². The molecule has 3 atom stereocenters. The molecule has 27 heavy (non-hydrogen) atoms. The molecule has 0 N–H and O–H groups in total. The lowest BCUT2D eigenvalue weighted by Gasteiger charge is -2.31. The topological polar surface area (TPSA) is 49.2 Å². The summed E-state index contributed by atoms with van der Waals surface area (Å²) in [5.74, 6) is 3.45. The van der Waals surface area contributed by atoms with E-state index in [-0.39, 0.29) is 0 Å². The van der Waals surface area contributed by atoms with Gasteiger partial charge < -0.3 is 9.47 Å². The summed E-state index contributed by atoms with van der Waals surface area (Å²) in [6.45, 7) is 3.27. The van der Waals surface area contributed by atoms with Crippen LogP contribution in [0.3, 0.4) is 0 Å². The van der Waals surface area contributed by atoms with Crippen LogP contribution in [0, 0.1) is 5.92 Å². The number of ether oxygens (including phenoxy) is 2. The number of thioether (sulfide) groups is 1. The zero-order valence-electron chi connectivity index (χ0n) is 16.3. The lowest BCUT2D eigenvalue weighted by atomic mass is 9.85. The lowest BCUT2D eigenvalue weighted by Crippen LogP contribution is -2.23. The van der Waals surface area contributed by atoms with E-state index in [0.29, 0.717) is 18.1 Å². The molecule has 146 valence electrons. The van der Waals surface area contributed by atoms with Crippen molar-refractivity contribution in [1.82, 2.24) is 14.8 Å². The van der Waals surface area contributed by atoms with Crippen molar-refractivity contribution in [2.75, 3.05) is 19.5 Å². The first kappa shape index (κ1) is 18.8. The zero-order valence-corrected chi connectivity index (χ0v) is 17.1. The quantitative estimate of drug-likeness (QED) is 0.655. The molecule has 0 amide bonds. The molecular formula is C21H29N3O2S. The second-order valence-electron chi connectivity index (χ2n) is 7.68. The van der Waals surface area contributed by atoms with Crippen molar-refractivity contribution in [2.45, 2.75) is 62.8 Å². The van der Waals surface area contributed by atoms with Gasteiger partial charge in [-0.25, -0.2) is 0 Å². The summed E-state index contributed by atoms with van der Waals surface area (Å²) in [7, 11) is 1.70. The molecule has 2 aromatic rings. The van der Waals surface area contributed by atoms with Gasteiger partial charge in [-0.3, -0.25) is 4.57 Å². The molecule has 1 saturated carbocycles. The van der Waals surface area contributed by atoms with Gasteiger partial charge in [-0.2, -0.15) is 0 Å². The van der Waals surface area contributed by atoms with Crippen LogP contribution in [0.15, 0.2) is 29.4 Å². The first-order valence-corrected chi connectivity index (χ1v) is 11.1. The van der Waals surface area contributed by atoms with Gasteiger partial charge >= 0.3 is 0 Å². The average molecular weight is 388 g/mol. The third-order valence-electron chi connectivity index (χ3n) is 5.83. The summed E-state index contributed by atoms with van der Waals surface area (Å²) in [5.41, 5.74) is 1.10. The van der Waals surface area contributed by atoms with E-state index in [0.717, 1.165) is 41.1 Å². The zero-order chi connectivity index (χ0) is 18.6. The number of benzene rings is 1. The molecule has 2 heterocycles. The molecular weight excluding hydrogens is 358 g/mol. The maximum Gasteiger partial charge on any atom is 0.191 e. The molecule has 0 radical (unpaired) electrons. The van der Waals surface area contributed by atoms with Gasteiger partial charge in [0, 0.05) is 24.0 Å². The first-order valence-electron chi connectivity index (χ1n) is 10.1. The summed E-state index contributed by atoms with van der Waals surface area (Å²) in [6.07, 6.45) is 7.78. The van der Waals surface area contributed by atoms with Crippen LogP contribution < -0.4 is 4.74 Å². The van der Waals surface area contributed by atoms with E-state index >= 15 is 0 Å². The van der Waals surface area contributed by atoms with E-state index in [1.54, 1.807) is 18.9 Å². The highest BCUT2D eigenvalue weighted by molar-refractivity contribution is 7.99. The van der Waals surface area contributed by atoms with E-state index in [2.05, 4.69) is 33.8 Å². The van der Waals surface area contributed by atoms with Gasteiger partial charge in [0.05, 0.1) is 13.2 Å². The third kappa shape index (κ3) is 4.16. The van der Waals surface area contributed by atoms with Crippen molar-refractivity contribution < 1.29 is 9.47 Å². The summed E-state index contributed by atoms with van der Waals surface area (Å²) in [4.78, 5) is 0. The monoisotopic (exact) mass is 387 g/mol. The normalized spacial score (nSPS) is 25.6. The van der Waals surface area contributed by atoms with Gasteiger partial charge in [0.25, 0.3) is 0 Å². The molecule has 1 aromatic carbocycles. The lowest BCUT2D eigenvalue weighted by molar-refractivity contribution is 0.128. The molecule has 1 aliphatic carbocycles. The van der Waals surface area contributed by atoms with Crippen molar-refractivity contribution in [3.05, 3.63) is 24.3 Å². The van der Waals surface area contributed by atoms with Crippen LogP contribution in [0.2, 0.25) is 0 Å². The van der Waals surface area contributed by atoms with Crippen molar-refractivity contribution in [1.29, 1.82) is 0 Å². The van der Waals surface area contributed by atoms with Crippen molar-refractivity contribution in [3.8, 4) is 17.1 Å². The highest BCUT2D eigenvalue weighted by Gasteiger charge is 2.29. The van der Waals surface area contributed by atoms with Gasteiger partial charge in [0.15, 0.2) is 11.0 Å². The molecule has 3 unspecified atom stereocenters. The minimum absolute atomic E-state index is 0.355. The summed E-state index contributed by atoms with van der Waals surface area (Å²) in [5, 5.41) is 10.2. The number of methoxy groups -OCH3 is 1. The fourth-order valence-corrected chi connectivity index (χ4v) is 5.29. The summed E-state index contributed by atoms with van der Waals surface area (Å²) < 4.78 is 13.5. The Bertz CT molecular complexity index is 740. The molecule has 1 saturated heterocycles. The molecule has 2 aliphatic rings.